The first-order valence-electron chi connectivity index (χ1n) is 7.02. The third-order valence-electron chi connectivity index (χ3n) is 3.29. The lowest BCUT2D eigenvalue weighted by atomic mass is 10.2. The molecule has 8 heteroatoms. The molecule has 0 aromatic heterocycles. The van der Waals surface area contributed by atoms with E-state index >= 15 is 0 Å². The summed E-state index contributed by atoms with van der Waals surface area (Å²) in [6.07, 6.45) is 0. The van der Waals surface area contributed by atoms with Gasteiger partial charge in [-0.15, -0.1) is 0 Å². The van der Waals surface area contributed by atoms with Crippen LogP contribution in [0.3, 0.4) is 0 Å². The van der Waals surface area contributed by atoms with Crippen LogP contribution in [0.2, 0.25) is 5.02 Å². The maximum atomic E-state index is 12.3. The highest BCUT2D eigenvalue weighted by molar-refractivity contribution is 9.10. The van der Waals surface area contributed by atoms with Gasteiger partial charge in [0.25, 0.3) is 0 Å². The fraction of sp³-hybridized carbons (Fsp3) is 0.188. The largest absolute Gasteiger partial charge is 0.340 e. The Hall–Kier alpha value is -1.41. The summed E-state index contributed by atoms with van der Waals surface area (Å²) in [4.78, 5) is 13.5. The van der Waals surface area contributed by atoms with Gasteiger partial charge in [0.2, 0.25) is 15.9 Å². The summed E-state index contributed by atoms with van der Waals surface area (Å²) < 4.78 is 27.5. The summed E-state index contributed by atoms with van der Waals surface area (Å²) in [5, 5.41) is 0.0852. The van der Waals surface area contributed by atoms with Crippen molar-refractivity contribution >= 4 is 43.5 Å². The van der Waals surface area contributed by atoms with E-state index in [1.54, 1.807) is 13.1 Å². The van der Waals surface area contributed by atoms with Crippen LogP contribution < -0.4 is 4.72 Å². The number of rotatable bonds is 6. The number of hydrogen-bond acceptors (Lipinski definition) is 3. The number of amides is 1. The Bertz CT molecular complexity index is 828. The number of benzene rings is 2. The molecule has 128 valence electrons. The minimum absolute atomic E-state index is 0.0640. The van der Waals surface area contributed by atoms with Gasteiger partial charge in [0.1, 0.15) is 4.90 Å². The summed E-state index contributed by atoms with van der Waals surface area (Å²) in [6.45, 7) is 0.0680. The van der Waals surface area contributed by atoms with Crippen LogP contribution in [0.1, 0.15) is 5.56 Å². The van der Waals surface area contributed by atoms with Gasteiger partial charge in [0.15, 0.2) is 0 Å². The molecular weight excluding hydrogens is 416 g/mol. The highest BCUT2D eigenvalue weighted by atomic mass is 79.9. The number of sulfonamides is 1. The Balaban J connectivity index is 1.99. The van der Waals surface area contributed by atoms with Gasteiger partial charge < -0.3 is 4.90 Å². The Morgan fingerprint density at radius 1 is 1.21 bits per heavy atom. The van der Waals surface area contributed by atoms with Crippen molar-refractivity contribution in [1.82, 2.24) is 9.62 Å². The quantitative estimate of drug-likeness (QED) is 0.764. The predicted octanol–water partition coefficient (Wildman–Crippen LogP) is 3.04. The lowest BCUT2D eigenvalue weighted by molar-refractivity contribution is -0.129. The molecule has 0 aliphatic rings. The molecule has 2 rings (SSSR count). The average molecular weight is 432 g/mol. The third-order valence-corrected chi connectivity index (χ3v) is 5.66. The number of carbonyl (C=O) groups is 1. The van der Waals surface area contributed by atoms with E-state index in [1.807, 2.05) is 30.3 Å². The molecule has 0 bridgehead atoms. The monoisotopic (exact) mass is 430 g/mol. The minimum atomic E-state index is -3.86. The molecule has 5 nitrogen and oxygen atoms in total. The second-order valence-electron chi connectivity index (χ2n) is 5.13. The normalized spacial score (nSPS) is 11.3. The van der Waals surface area contributed by atoms with E-state index < -0.39 is 10.0 Å². The Kier molecular flexibility index (Phi) is 6.40. The molecule has 1 N–H and O–H groups in total. The van der Waals surface area contributed by atoms with Gasteiger partial charge in [-0.25, -0.2) is 13.1 Å². The number of hydrogen-bond donors (Lipinski definition) is 1. The van der Waals surface area contributed by atoms with Crippen molar-refractivity contribution in [2.75, 3.05) is 13.6 Å². The first-order chi connectivity index (χ1) is 11.3. The first-order valence-corrected chi connectivity index (χ1v) is 9.67. The average Bonchev–Trinajstić information content (AvgIpc) is 2.53. The van der Waals surface area contributed by atoms with Crippen LogP contribution in [-0.4, -0.2) is 32.8 Å². The smallest absolute Gasteiger partial charge is 0.242 e. The van der Waals surface area contributed by atoms with Crippen LogP contribution in [0.25, 0.3) is 0 Å². The summed E-state index contributed by atoms with van der Waals surface area (Å²) in [7, 11) is -2.24. The van der Waals surface area contributed by atoms with Crippen molar-refractivity contribution in [1.29, 1.82) is 0 Å². The first kappa shape index (κ1) is 18.9. The molecule has 2 aromatic rings. The minimum Gasteiger partial charge on any atom is -0.340 e. The van der Waals surface area contributed by atoms with Crippen molar-refractivity contribution in [3.05, 3.63) is 63.6 Å². The standard InChI is InChI=1S/C16H16BrClN2O3S/c1-20(11-12-5-3-2-4-6-12)16(21)10-19-24(22,23)15-8-7-13(17)9-14(15)18/h2-9,19H,10-11H2,1H3. The second kappa shape index (κ2) is 8.11. The van der Waals surface area contributed by atoms with E-state index in [-0.39, 0.29) is 22.4 Å². The van der Waals surface area contributed by atoms with Crippen molar-refractivity contribution in [3.63, 3.8) is 0 Å². The van der Waals surface area contributed by atoms with E-state index in [4.69, 9.17) is 11.6 Å². The molecule has 0 aliphatic heterocycles. The van der Waals surface area contributed by atoms with Gasteiger partial charge in [-0.2, -0.15) is 0 Å². The van der Waals surface area contributed by atoms with Crippen LogP contribution in [0.4, 0.5) is 0 Å². The van der Waals surface area contributed by atoms with E-state index in [9.17, 15) is 13.2 Å². The number of nitrogens with zero attached hydrogens (tertiary/aromatic N) is 1. The number of halogens is 2. The zero-order valence-electron chi connectivity index (χ0n) is 12.9. The van der Waals surface area contributed by atoms with Crippen molar-refractivity contribution in [2.45, 2.75) is 11.4 Å². The lowest BCUT2D eigenvalue weighted by Crippen LogP contribution is -2.37. The molecule has 0 saturated heterocycles. The zero-order valence-corrected chi connectivity index (χ0v) is 16.0. The molecule has 24 heavy (non-hydrogen) atoms. The number of nitrogens with one attached hydrogen (secondary N) is 1. The highest BCUT2D eigenvalue weighted by Crippen LogP contribution is 2.24. The number of likely N-dealkylation sites (N-methyl/N-ethyl adjacent to an activating group) is 1. The van der Waals surface area contributed by atoms with E-state index in [0.29, 0.717) is 11.0 Å². The van der Waals surface area contributed by atoms with Gasteiger partial charge in [-0.1, -0.05) is 57.9 Å². The highest BCUT2D eigenvalue weighted by Gasteiger charge is 2.20. The SMILES string of the molecule is CN(Cc1ccccc1)C(=O)CNS(=O)(=O)c1ccc(Br)cc1Cl. The van der Waals surface area contributed by atoms with Crippen molar-refractivity contribution in [3.8, 4) is 0 Å². The Labute approximate surface area is 154 Å². The fourth-order valence-corrected chi connectivity index (χ4v) is 4.02. The summed E-state index contributed by atoms with van der Waals surface area (Å²) in [5.41, 5.74) is 0.965. The molecule has 0 unspecified atom stereocenters. The lowest BCUT2D eigenvalue weighted by Gasteiger charge is -2.18. The molecule has 1 amide bonds. The van der Waals surface area contributed by atoms with Crippen molar-refractivity contribution in [2.24, 2.45) is 0 Å². The Morgan fingerprint density at radius 3 is 2.50 bits per heavy atom. The van der Waals surface area contributed by atoms with Crippen LogP contribution in [0.15, 0.2) is 57.9 Å². The molecule has 0 atom stereocenters. The molecule has 0 heterocycles. The summed E-state index contributed by atoms with van der Waals surface area (Å²) >= 11 is 9.17. The molecule has 0 fully saturated rings. The van der Waals surface area contributed by atoms with E-state index in [1.165, 1.54) is 17.0 Å². The number of carbonyl (C=O) groups excluding carboxylic acids is 1. The van der Waals surface area contributed by atoms with Gasteiger partial charge in [0, 0.05) is 18.1 Å². The van der Waals surface area contributed by atoms with E-state index in [0.717, 1.165) is 5.56 Å². The topological polar surface area (TPSA) is 66.5 Å². The maximum absolute atomic E-state index is 12.3. The predicted molar refractivity (Wildman–Crippen MR) is 97.3 cm³/mol. The molecule has 2 aromatic carbocycles. The molecule has 0 aliphatic carbocycles. The van der Waals surface area contributed by atoms with Crippen molar-refractivity contribution < 1.29 is 13.2 Å². The third kappa shape index (κ3) is 5.04. The zero-order chi connectivity index (χ0) is 17.7. The second-order valence-corrected chi connectivity index (χ2v) is 8.19. The van der Waals surface area contributed by atoms with Crippen LogP contribution in [0, 0.1) is 0 Å². The fourth-order valence-electron chi connectivity index (χ4n) is 2.01. The summed E-state index contributed by atoms with van der Waals surface area (Å²) in [6, 6.07) is 13.9. The van der Waals surface area contributed by atoms with E-state index in [2.05, 4.69) is 20.7 Å². The molecule has 0 saturated carbocycles. The van der Waals surface area contributed by atoms with Crippen LogP contribution >= 0.6 is 27.5 Å². The van der Waals surface area contributed by atoms with Crippen LogP contribution in [0.5, 0.6) is 0 Å². The van der Waals surface area contributed by atoms with Gasteiger partial charge in [-0.05, 0) is 23.8 Å². The molecular formula is C16H16BrClN2O3S. The van der Waals surface area contributed by atoms with Gasteiger partial charge in [0.05, 0.1) is 11.6 Å². The molecule has 0 spiro atoms. The van der Waals surface area contributed by atoms with Gasteiger partial charge >= 0.3 is 0 Å². The molecule has 0 radical (unpaired) electrons. The Morgan fingerprint density at radius 2 is 1.88 bits per heavy atom. The summed E-state index contributed by atoms with van der Waals surface area (Å²) in [5.74, 6) is -0.337. The van der Waals surface area contributed by atoms with Gasteiger partial charge in [-0.3, -0.25) is 4.79 Å². The maximum Gasteiger partial charge on any atom is 0.242 e. The van der Waals surface area contributed by atoms with Crippen LogP contribution in [-0.2, 0) is 21.4 Å².